The molecule has 7 aromatic rings. The van der Waals surface area contributed by atoms with E-state index in [4.69, 9.17) is 17.3 Å². The number of anilines is 2. The van der Waals surface area contributed by atoms with Crippen molar-refractivity contribution in [2.24, 2.45) is 0 Å². The molecule has 9 nitrogen and oxygen atoms in total. The van der Waals surface area contributed by atoms with Crippen LogP contribution in [0.3, 0.4) is 0 Å². The minimum atomic E-state index is 0.0358. The fourth-order valence-electron chi connectivity index (χ4n) is 5.25. The number of carbonyl (C=O) groups excluding carboxylic acids is 1. The molecule has 2 fully saturated rings. The molecule has 0 aliphatic heterocycles. The van der Waals surface area contributed by atoms with Gasteiger partial charge in [-0.15, -0.1) is 0 Å². The van der Waals surface area contributed by atoms with E-state index in [1.807, 2.05) is 85.1 Å². The second kappa shape index (κ2) is 15.0. The number of aromatic nitrogens is 3. The number of imidazole rings is 1. The van der Waals surface area contributed by atoms with E-state index >= 15 is 0 Å². The van der Waals surface area contributed by atoms with Crippen LogP contribution in [0.2, 0.25) is 0 Å². The number of phenols is 2. The third kappa shape index (κ3) is 7.95. The summed E-state index contributed by atoms with van der Waals surface area (Å²) in [6.07, 6.45) is 9.15. The van der Waals surface area contributed by atoms with Crippen LogP contribution >= 0.6 is 0 Å². The summed E-state index contributed by atoms with van der Waals surface area (Å²) in [5.74, 6) is 1.83. The Morgan fingerprint density at radius 2 is 1.45 bits per heavy atom. The summed E-state index contributed by atoms with van der Waals surface area (Å²) in [6, 6.07) is 35.0. The van der Waals surface area contributed by atoms with Crippen molar-refractivity contribution in [3.05, 3.63) is 132 Å². The maximum absolute atomic E-state index is 10.7. The number of aromatic hydroxyl groups is 2. The zero-order chi connectivity index (χ0) is 34.2. The summed E-state index contributed by atoms with van der Waals surface area (Å²) >= 11 is 0. The van der Waals surface area contributed by atoms with Gasteiger partial charge in [-0.3, -0.25) is 9.20 Å². The van der Waals surface area contributed by atoms with Crippen molar-refractivity contribution in [3.63, 3.8) is 0 Å². The Morgan fingerprint density at radius 1 is 0.796 bits per heavy atom. The van der Waals surface area contributed by atoms with Crippen molar-refractivity contribution < 1.29 is 15.0 Å². The predicted octanol–water partition coefficient (Wildman–Crippen LogP) is 8.57. The lowest BCUT2D eigenvalue weighted by atomic mass is 10.0. The lowest BCUT2D eigenvalue weighted by Gasteiger charge is -2.11. The van der Waals surface area contributed by atoms with Gasteiger partial charge in [-0.1, -0.05) is 77.6 Å². The monoisotopic (exact) mass is 649 g/mol. The highest BCUT2D eigenvalue weighted by atomic mass is 16.3. The number of nitrogens with zero attached hydrogens (tertiary/aromatic N) is 4. The molecule has 49 heavy (non-hydrogen) atoms. The Bertz CT molecular complexity index is 2250. The van der Waals surface area contributed by atoms with E-state index < -0.39 is 0 Å². The first-order valence-electron chi connectivity index (χ1n) is 16.1. The fraction of sp³-hybridized carbons (Fsp3) is 0.150. The van der Waals surface area contributed by atoms with Gasteiger partial charge in [0, 0.05) is 31.3 Å². The quantitative estimate of drug-likeness (QED) is 0.141. The van der Waals surface area contributed by atoms with Gasteiger partial charge >= 0.3 is 0 Å². The molecular weight excluding hydrogens is 612 g/mol. The Labute approximate surface area is 284 Å². The Hall–Kier alpha value is -6.40. The van der Waals surface area contributed by atoms with Crippen molar-refractivity contribution in [1.82, 2.24) is 14.4 Å². The molecular formula is C40H37N6O3+. The van der Waals surface area contributed by atoms with Gasteiger partial charge < -0.3 is 21.3 Å². The molecule has 0 bridgehead atoms. The SMILES string of the molecule is C#[N+]C1CC1.Nc1ccccn1.O=Cc1c(O)ccc2ccccc12.Oc1ccc2ccccc2c1-c1nc2ccccn2c1NC1CC1. The Morgan fingerprint density at radius 3 is 2.04 bits per heavy atom. The molecule has 2 aliphatic carbocycles. The molecule has 9 heteroatoms. The highest BCUT2D eigenvalue weighted by Gasteiger charge is 2.30. The molecule has 4 aromatic carbocycles. The van der Waals surface area contributed by atoms with Crippen LogP contribution in [0.1, 0.15) is 36.0 Å². The maximum Gasteiger partial charge on any atom is 0.272 e. The number of nitrogen functional groups attached to an aromatic ring is 1. The number of nitrogens with one attached hydrogen (secondary N) is 1. The van der Waals surface area contributed by atoms with Crippen molar-refractivity contribution in [2.75, 3.05) is 11.1 Å². The maximum atomic E-state index is 10.7. The molecule has 0 unspecified atom stereocenters. The molecule has 0 saturated heterocycles. The fourth-order valence-corrected chi connectivity index (χ4v) is 5.25. The summed E-state index contributed by atoms with van der Waals surface area (Å²) < 4.78 is 2.06. The number of pyridine rings is 2. The average Bonchev–Trinajstić information content (AvgIpc) is 4.08. The van der Waals surface area contributed by atoms with Crippen LogP contribution in [-0.2, 0) is 0 Å². The molecule has 2 saturated carbocycles. The lowest BCUT2D eigenvalue weighted by Crippen LogP contribution is -2.05. The van der Waals surface area contributed by atoms with Gasteiger partial charge in [0.15, 0.2) is 6.29 Å². The van der Waals surface area contributed by atoms with Gasteiger partial charge in [0.05, 0.1) is 11.1 Å². The van der Waals surface area contributed by atoms with E-state index in [9.17, 15) is 15.0 Å². The molecule has 5 N–H and O–H groups in total. The van der Waals surface area contributed by atoms with E-state index in [2.05, 4.69) is 25.6 Å². The lowest BCUT2D eigenvalue weighted by molar-refractivity contribution is 0.112. The topological polar surface area (TPSA) is 130 Å². The standard InChI is InChI=1S/C20H17N3O.C11H8O2.C5H6N2.C4H6N/c24-16-11-8-13-5-1-2-6-15(13)18(16)19-20(21-14-9-10-14)23-12-4-3-7-17(23)22-19;12-7-10-9-4-2-1-3-8(9)5-6-11(10)13;6-5-3-1-2-4-7-5;1-5-4-2-3-4/h1-8,11-12,14,21,24H,9-10H2;1-7,13H;1-4H,(H2,6,7);1,4H,2-3H2/q;;;+1. The highest BCUT2D eigenvalue weighted by molar-refractivity contribution is 6.02. The molecule has 9 rings (SSSR count). The number of phenolic OH excluding ortho intramolecular Hbond substituents is 2. The Kier molecular flexibility index (Phi) is 9.96. The third-order valence-corrected chi connectivity index (χ3v) is 8.10. The number of hydrogen-bond acceptors (Lipinski definition) is 7. The van der Waals surface area contributed by atoms with Gasteiger partial charge in [0.25, 0.3) is 12.6 Å². The van der Waals surface area contributed by atoms with E-state index in [1.165, 1.54) is 31.7 Å². The highest BCUT2D eigenvalue weighted by Crippen LogP contribution is 2.41. The number of benzene rings is 4. The van der Waals surface area contributed by atoms with Crippen molar-refractivity contribution in [3.8, 4) is 29.3 Å². The van der Waals surface area contributed by atoms with E-state index in [0.717, 1.165) is 44.3 Å². The number of rotatable bonds is 4. The third-order valence-electron chi connectivity index (χ3n) is 8.10. The minimum Gasteiger partial charge on any atom is -0.507 e. The normalized spacial score (nSPS) is 13.1. The molecule has 3 heterocycles. The van der Waals surface area contributed by atoms with Crippen LogP contribution in [-0.4, -0.2) is 43.0 Å². The first-order valence-corrected chi connectivity index (χ1v) is 16.1. The van der Waals surface area contributed by atoms with Crippen LogP contribution in [0, 0.1) is 6.57 Å². The molecule has 0 amide bonds. The van der Waals surface area contributed by atoms with E-state index in [-0.39, 0.29) is 11.5 Å². The van der Waals surface area contributed by atoms with Crippen molar-refractivity contribution >= 4 is 45.1 Å². The van der Waals surface area contributed by atoms with Crippen molar-refractivity contribution in [2.45, 2.75) is 37.8 Å². The van der Waals surface area contributed by atoms with Crippen molar-refractivity contribution in [1.29, 1.82) is 0 Å². The zero-order valence-corrected chi connectivity index (χ0v) is 26.9. The van der Waals surface area contributed by atoms with Crippen LogP contribution in [0.25, 0.3) is 43.3 Å². The first kappa shape index (κ1) is 32.5. The van der Waals surface area contributed by atoms with Gasteiger partial charge in [-0.2, -0.15) is 0 Å². The average molecular weight is 650 g/mol. The van der Waals surface area contributed by atoms with Gasteiger partial charge in [0.1, 0.15) is 34.5 Å². The van der Waals surface area contributed by atoms with Crippen LogP contribution in [0.5, 0.6) is 11.5 Å². The number of nitrogens with two attached hydrogens (primary N) is 1. The summed E-state index contributed by atoms with van der Waals surface area (Å²) in [6.45, 7) is 4.86. The molecule has 3 aromatic heterocycles. The van der Waals surface area contributed by atoms with Gasteiger partial charge in [-0.05, 0) is 70.8 Å². The smallest absolute Gasteiger partial charge is 0.272 e. The zero-order valence-electron chi connectivity index (χ0n) is 26.9. The van der Waals surface area contributed by atoms with Crippen LogP contribution < -0.4 is 11.1 Å². The predicted molar refractivity (Wildman–Crippen MR) is 197 cm³/mol. The number of hydrogen-bond donors (Lipinski definition) is 4. The van der Waals surface area contributed by atoms with E-state index in [1.54, 1.807) is 24.4 Å². The molecule has 0 radical (unpaired) electrons. The largest absolute Gasteiger partial charge is 0.507 e. The molecule has 0 atom stereocenters. The number of fused-ring (bicyclic) bond motifs is 3. The van der Waals surface area contributed by atoms with Crippen LogP contribution in [0.15, 0.2) is 122 Å². The molecule has 244 valence electrons. The molecule has 0 spiro atoms. The van der Waals surface area contributed by atoms with Gasteiger partial charge in [0.2, 0.25) is 0 Å². The van der Waals surface area contributed by atoms with E-state index in [0.29, 0.717) is 29.8 Å². The van der Waals surface area contributed by atoms with Crippen LogP contribution in [0.4, 0.5) is 11.6 Å². The summed E-state index contributed by atoms with van der Waals surface area (Å²) in [5.41, 5.74) is 8.08. The Balaban J connectivity index is 0.000000138. The summed E-state index contributed by atoms with van der Waals surface area (Å²) in [5, 5.41) is 27.4. The first-order chi connectivity index (χ1) is 24.0. The minimum absolute atomic E-state index is 0.0358. The number of aldehydes is 1. The molecule has 2 aliphatic rings. The van der Waals surface area contributed by atoms with Gasteiger partial charge in [-0.25, -0.2) is 9.97 Å². The number of carbonyl (C=O) groups is 1. The summed E-state index contributed by atoms with van der Waals surface area (Å²) in [7, 11) is 0. The summed E-state index contributed by atoms with van der Waals surface area (Å²) in [4.78, 5) is 22.8. The second-order valence-corrected chi connectivity index (χ2v) is 11.8. The second-order valence-electron chi connectivity index (χ2n) is 11.8.